The fourth-order valence-corrected chi connectivity index (χ4v) is 3.32. The van der Waals surface area contributed by atoms with Gasteiger partial charge in [0.1, 0.15) is 0 Å². The molecule has 0 amide bonds. The Morgan fingerprint density at radius 1 is 1.32 bits per heavy atom. The molecular formula is C16H20N4OS. The molecule has 1 saturated heterocycles. The van der Waals surface area contributed by atoms with E-state index in [0.717, 1.165) is 17.4 Å². The summed E-state index contributed by atoms with van der Waals surface area (Å²) in [5, 5.41) is 13.3. The van der Waals surface area contributed by atoms with E-state index in [1.807, 2.05) is 37.5 Å². The molecule has 1 fully saturated rings. The van der Waals surface area contributed by atoms with Crippen molar-refractivity contribution in [1.82, 2.24) is 19.8 Å². The molecule has 0 unspecified atom stereocenters. The Balaban J connectivity index is 1.99. The number of rotatable bonds is 5. The second-order valence-electron chi connectivity index (χ2n) is 5.44. The maximum absolute atomic E-state index is 9.16. The van der Waals surface area contributed by atoms with Gasteiger partial charge < -0.3 is 19.9 Å². The SMILES string of the molecule is Cn1cccc1[C@@H]1[C@@H](c2ccccn2)NC(=S)N1CCCO. The molecule has 2 N–H and O–H groups in total. The first-order valence-electron chi connectivity index (χ1n) is 7.42. The number of nitrogens with zero attached hydrogens (tertiary/aromatic N) is 3. The third-order valence-electron chi connectivity index (χ3n) is 4.04. The van der Waals surface area contributed by atoms with E-state index in [4.69, 9.17) is 17.3 Å². The Morgan fingerprint density at radius 2 is 2.18 bits per heavy atom. The van der Waals surface area contributed by atoms with Crippen LogP contribution in [0.5, 0.6) is 0 Å². The largest absolute Gasteiger partial charge is 0.396 e. The van der Waals surface area contributed by atoms with E-state index in [0.29, 0.717) is 6.42 Å². The Morgan fingerprint density at radius 3 is 2.82 bits per heavy atom. The summed E-state index contributed by atoms with van der Waals surface area (Å²) in [6.07, 6.45) is 4.53. The molecule has 22 heavy (non-hydrogen) atoms. The maximum Gasteiger partial charge on any atom is 0.170 e. The van der Waals surface area contributed by atoms with Gasteiger partial charge in [-0.3, -0.25) is 4.98 Å². The minimum absolute atomic E-state index is 0.0148. The topological polar surface area (TPSA) is 53.3 Å². The molecule has 0 bridgehead atoms. The number of aliphatic hydroxyl groups is 1. The van der Waals surface area contributed by atoms with E-state index in [9.17, 15) is 0 Å². The zero-order valence-electron chi connectivity index (χ0n) is 12.5. The van der Waals surface area contributed by atoms with Crippen LogP contribution in [0.2, 0.25) is 0 Å². The van der Waals surface area contributed by atoms with Gasteiger partial charge in [0, 0.05) is 38.3 Å². The van der Waals surface area contributed by atoms with Gasteiger partial charge in [-0.05, 0) is 42.9 Å². The molecule has 116 valence electrons. The molecule has 0 spiro atoms. The van der Waals surface area contributed by atoms with Crippen LogP contribution >= 0.6 is 12.2 Å². The quantitative estimate of drug-likeness (QED) is 0.824. The monoisotopic (exact) mass is 316 g/mol. The first-order valence-corrected chi connectivity index (χ1v) is 7.83. The van der Waals surface area contributed by atoms with Crippen molar-refractivity contribution in [1.29, 1.82) is 0 Å². The molecule has 0 aliphatic carbocycles. The number of aliphatic hydroxyl groups excluding tert-OH is 1. The van der Waals surface area contributed by atoms with Gasteiger partial charge in [0.15, 0.2) is 5.11 Å². The molecule has 3 heterocycles. The highest BCUT2D eigenvalue weighted by molar-refractivity contribution is 7.80. The van der Waals surface area contributed by atoms with Gasteiger partial charge in [-0.1, -0.05) is 6.07 Å². The summed E-state index contributed by atoms with van der Waals surface area (Å²) in [5.74, 6) is 0. The van der Waals surface area contributed by atoms with Crippen LogP contribution in [0.15, 0.2) is 42.7 Å². The molecule has 1 aliphatic rings. The summed E-state index contributed by atoms with van der Waals surface area (Å²) in [6, 6.07) is 10.2. The minimum atomic E-state index is 0.0148. The summed E-state index contributed by atoms with van der Waals surface area (Å²) < 4.78 is 2.11. The molecular weight excluding hydrogens is 296 g/mol. The Bertz CT molecular complexity index is 643. The van der Waals surface area contributed by atoms with E-state index >= 15 is 0 Å². The first-order chi connectivity index (χ1) is 10.7. The molecule has 2 atom stereocenters. The lowest BCUT2D eigenvalue weighted by Gasteiger charge is -2.28. The number of thiocarbonyl (C=S) groups is 1. The van der Waals surface area contributed by atoms with Gasteiger partial charge in [-0.15, -0.1) is 0 Å². The number of hydrogen-bond donors (Lipinski definition) is 2. The lowest BCUT2D eigenvalue weighted by atomic mass is 10.0. The molecule has 1 aliphatic heterocycles. The number of aromatic nitrogens is 2. The number of hydrogen-bond acceptors (Lipinski definition) is 3. The van der Waals surface area contributed by atoms with Gasteiger partial charge in [0.05, 0.1) is 17.8 Å². The standard InChI is InChI=1S/C16H20N4OS/c1-19-9-4-7-13(19)15-14(12-6-2-3-8-17-12)18-16(22)20(15)10-5-11-21/h2-4,6-9,14-15,21H,5,10-11H2,1H3,(H,18,22)/t14-,15-/m1/s1. The van der Waals surface area contributed by atoms with Crippen molar-refractivity contribution in [3.8, 4) is 0 Å². The molecule has 2 aromatic rings. The average molecular weight is 316 g/mol. The minimum Gasteiger partial charge on any atom is -0.396 e. The van der Waals surface area contributed by atoms with Gasteiger partial charge in [0.25, 0.3) is 0 Å². The van der Waals surface area contributed by atoms with Crippen LogP contribution in [-0.4, -0.2) is 37.8 Å². The summed E-state index contributed by atoms with van der Waals surface area (Å²) >= 11 is 5.52. The van der Waals surface area contributed by atoms with Crippen molar-refractivity contribution in [2.24, 2.45) is 7.05 Å². The predicted octanol–water partition coefficient (Wildman–Crippen LogP) is 1.77. The van der Waals surface area contributed by atoms with Crippen molar-refractivity contribution in [2.75, 3.05) is 13.2 Å². The summed E-state index contributed by atoms with van der Waals surface area (Å²) in [7, 11) is 2.04. The third kappa shape index (κ3) is 2.71. The van der Waals surface area contributed by atoms with Crippen LogP contribution in [-0.2, 0) is 7.05 Å². The zero-order valence-corrected chi connectivity index (χ0v) is 13.3. The lowest BCUT2D eigenvalue weighted by Crippen LogP contribution is -2.31. The Kier molecular flexibility index (Phi) is 4.40. The highest BCUT2D eigenvalue weighted by Crippen LogP contribution is 2.38. The van der Waals surface area contributed by atoms with Crippen molar-refractivity contribution < 1.29 is 5.11 Å². The van der Waals surface area contributed by atoms with Gasteiger partial charge >= 0.3 is 0 Å². The number of pyridine rings is 1. The summed E-state index contributed by atoms with van der Waals surface area (Å²) in [6.45, 7) is 0.884. The smallest absolute Gasteiger partial charge is 0.170 e. The zero-order chi connectivity index (χ0) is 15.5. The van der Waals surface area contributed by atoms with E-state index < -0.39 is 0 Å². The molecule has 6 heteroatoms. The van der Waals surface area contributed by atoms with Crippen LogP contribution in [0.4, 0.5) is 0 Å². The second kappa shape index (κ2) is 6.46. The van der Waals surface area contributed by atoms with Crippen LogP contribution < -0.4 is 5.32 Å². The van der Waals surface area contributed by atoms with E-state index in [1.54, 1.807) is 6.20 Å². The van der Waals surface area contributed by atoms with Crippen LogP contribution in [0.25, 0.3) is 0 Å². The Hall–Kier alpha value is -1.92. The lowest BCUT2D eigenvalue weighted by molar-refractivity contribution is 0.244. The van der Waals surface area contributed by atoms with Gasteiger partial charge in [-0.25, -0.2) is 0 Å². The van der Waals surface area contributed by atoms with Crippen LogP contribution in [0.1, 0.15) is 29.9 Å². The normalized spacial score (nSPS) is 21.2. The molecule has 5 nitrogen and oxygen atoms in total. The molecule has 2 aromatic heterocycles. The molecule has 0 saturated carbocycles. The molecule has 3 rings (SSSR count). The van der Waals surface area contributed by atoms with Crippen molar-refractivity contribution in [3.05, 3.63) is 54.1 Å². The maximum atomic E-state index is 9.16. The van der Waals surface area contributed by atoms with E-state index in [2.05, 4.69) is 25.8 Å². The second-order valence-corrected chi connectivity index (χ2v) is 5.83. The van der Waals surface area contributed by atoms with Crippen molar-refractivity contribution >= 4 is 17.3 Å². The van der Waals surface area contributed by atoms with E-state index in [1.165, 1.54) is 5.69 Å². The fourth-order valence-electron chi connectivity index (χ4n) is 2.99. The summed E-state index contributed by atoms with van der Waals surface area (Å²) in [4.78, 5) is 6.65. The van der Waals surface area contributed by atoms with Crippen LogP contribution in [0.3, 0.4) is 0 Å². The van der Waals surface area contributed by atoms with Crippen molar-refractivity contribution in [3.63, 3.8) is 0 Å². The average Bonchev–Trinajstić information content (AvgIpc) is 3.09. The molecule has 0 aromatic carbocycles. The summed E-state index contributed by atoms with van der Waals surface area (Å²) in [5.41, 5.74) is 2.16. The van der Waals surface area contributed by atoms with E-state index in [-0.39, 0.29) is 18.7 Å². The highest BCUT2D eigenvalue weighted by Gasteiger charge is 2.40. The van der Waals surface area contributed by atoms with Gasteiger partial charge in [0.2, 0.25) is 0 Å². The Labute approximate surface area is 135 Å². The third-order valence-corrected chi connectivity index (χ3v) is 4.39. The van der Waals surface area contributed by atoms with Gasteiger partial charge in [-0.2, -0.15) is 0 Å². The van der Waals surface area contributed by atoms with Crippen molar-refractivity contribution in [2.45, 2.75) is 18.5 Å². The number of nitrogens with one attached hydrogen (secondary N) is 1. The first kappa shape index (κ1) is 15.0. The fraction of sp³-hybridized carbons (Fsp3) is 0.375. The highest BCUT2D eigenvalue weighted by atomic mass is 32.1. The van der Waals surface area contributed by atoms with Crippen LogP contribution in [0, 0.1) is 0 Å². The molecule has 0 radical (unpaired) electrons. The number of aryl methyl sites for hydroxylation is 1. The predicted molar refractivity (Wildman–Crippen MR) is 89.3 cm³/mol.